The monoisotopic (exact) mass is 459 g/mol. The first kappa shape index (κ1) is 23.9. The molecule has 2 atom stereocenters. The summed E-state index contributed by atoms with van der Waals surface area (Å²) in [6, 6.07) is 11.0. The molecule has 1 saturated heterocycles. The number of nitrogens with one attached hydrogen (secondary N) is 1. The van der Waals surface area contributed by atoms with Gasteiger partial charge in [0.25, 0.3) is 0 Å². The summed E-state index contributed by atoms with van der Waals surface area (Å²) in [5.74, 6) is -0.735. The van der Waals surface area contributed by atoms with Crippen molar-refractivity contribution in [1.29, 1.82) is 0 Å². The van der Waals surface area contributed by atoms with Crippen LogP contribution in [0.15, 0.2) is 48.5 Å². The molecule has 8 heteroatoms. The minimum atomic E-state index is -0.714. The molecule has 2 amide bonds. The molecule has 1 heterocycles. The second-order valence-electron chi connectivity index (χ2n) is 7.95. The molecule has 0 saturated carbocycles. The van der Waals surface area contributed by atoms with Crippen LogP contribution in [0, 0.1) is 5.82 Å². The molecule has 0 radical (unpaired) electrons. The van der Waals surface area contributed by atoms with Crippen molar-refractivity contribution < 1.29 is 19.1 Å². The average molecular weight is 460 g/mol. The van der Waals surface area contributed by atoms with E-state index in [4.69, 9.17) is 11.6 Å². The van der Waals surface area contributed by atoms with Crippen LogP contribution in [-0.4, -0.2) is 58.5 Å². The summed E-state index contributed by atoms with van der Waals surface area (Å²) >= 11 is 6.02. The van der Waals surface area contributed by atoms with Gasteiger partial charge in [-0.3, -0.25) is 14.5 Å². The Labute approximate surface area is 192 Å². The van der Waals surface area contributed by atoms with E-state index in [0.29, 0.717) is 42.5 Å². The number of nitrogens with zero attached hydrogens (tertiary/aromatic N) is 2. The summed E-state index contributed by atoms with van der Waals surface area (Å²) in [4.78, 5) is 28.2. The van der Waals surface area contributed by atoms with Gasteiger partial charge in [-0.25, -0.2) is 4.39 Å². The number of hydrogen-bond acceptors (Lipinski definition) is 4. The molecule has 1 aliphatic rings. The van der Waals surface area contributed by atoms with Gasteiger partial charge in [-0.15, -0.1) is 0 Å². The Balaban J connectivity index is 1.70. The number of carbonyl (C=O) groups is 2. The fourth-order valence-electron chi connectivity index (χ4n) is 3.78. The SMILES string of the molecule is CC(=O)Nc1cc(Cl)ccc1C=CC(=O)N1CCN(Cc2ccc(F)cc2)C[C@H]1[C@H](C)O. The van der Waals surface area contributed by atoms with Gasteiger partial charge in [0.1, 0.15) is 5.82 Å². The van der Waals surface area contributed by atoms with Crippen molar-refractivity contribution in [2.24, 2.45) is 0 Å². The zero-order valence-corrected chi connectivity index (χ0v) is 18.8. The Morgan fingerprint density at radius 2 is 1.97 bits per heavy atom. The smallest absolute Gasteiger partial charge is 0.247 e. The van der Waals surface area contributed by atoms with E-state index in [1.165, 1.54) is 25.1 Å². The maximum Gasteiger partial charge on any atom is 0.247 e. The van der Waals surface area contributed by atoms with Gasteiger partial charge in [0.2, 0.25) is 11.8 Å². The number of carbonyl (C=O) groups excluding carboxylic acids is 2. The third-order valence-corrected chi connectivity index (χ3v) is 5.63. The van der Waals surface area contributed by atoms with Gasteiger partial charge < -0.3 is 15.3 Å². The van der Waals surface area contributed by atoms with Crippen LogP contribution in [0.1, 0.15) is 25.0 Å². The zero-order valence-electron chi connectivity index (χ0n) is 18.1. The fourth-order valence-corrected chi connectivity index (χ4v) is 3.95. The quantitative estimate of drug-likeness (QED) is 0.648. The first-order chi connectivity index (χ1) is 15.2. The second kappa shape index (κ2) is 10.7. The lowest BCUT2D eigenvalue weighted by molar-refractivity contribution is -0.134. The Hall–Kier alpha value is -2.74. The molecule has 6 nitrogen and oxygen atoms in total. The maximum atomic E-state index is 13.2. The molecule has 2 aromatic rings. The van der Waals surface area contributed by atoms with Crippen LogP contribution < -0.4 is 5.32 Å². The number of benzene rings is 2. The average Bonchev–Trinajstić information content (AvgIpc) is 2.74. The van der Waals surface area contributed by atoms with Gasteiger partial charge >= 0.3 is 0 Å². The van der Waals surface area contributed by atoms with E-state index in [9.17, 15) is 19.1 Å². The molecule has 170 valence electrons. The molecule has 2 aromatic carbocycles. The highest BCUT2D eigenvalue weighted by Crippen LogP contribution is 2.23. The number of hydrogen-bond donors (Lipinski definition) is 2. The maximum absolute atomic E-state index is 13.2. The summed E-state index contributed by atoms with van der Waals surface area (Å²) in [6.07, 6.45) is 2.36. The van der Waals surface area contributed by atoms with E-state index in [1.54, 1.807) is 48.2 Å². The highest BCUT2D eigenvalue weighted by molar-refractivity contribution is 6.31. The molecule has 0 aliphatic carbocycles. The van der Waals surface area contributed by atoms with Crippen molar-refractivity contribution in [3.05, 3.63) is 70.5 Å². The third-order valence-electron chi connectivity index (χ3n) is 5.39. The standard InChI is InChI=1S/C24H27ClFN3O3/c1-16(30)23-15-28(14-18-3-8-21(26)9-4-18)11-12-29(23)24(32)10-6-19-5-7-20(25)13-22(19)27-17(2)31/h3-10,13,16,23,30H,11-12,14-15H2,1-2H3,(H,27,31)/t16-,23-/m0/s1. The van der Waals surface area contributed by atoms with E-state index in [1.807, 2.05) is 0 Å². The van der Waals surface area contributed by atoms with E-state index in [2.05, 4.69) is 10.2 Å². The summed E-state index contributed by atoms with van der Waals surface area (Å²) in [5.41, 5.74) is 2.15. The molecular formula is C24H27ClFN3O3. The predicted molar refractivity (Wildman–Crippen MR) is 124 cm³/mol. The first-order valence-corrected chi connectivity index (χ1v) is 10.8. The number of amides is 2. The summed E-state index contributed by atoms with van der Waals surface area (Å²) < 4.78 is 13.2. The minimum absolute atomic E-state index is 0.221. The van der Waals surface area contributed by atoms with E-state index >= 15 is 0 Å². The van der Waals surface area contributed by atoms with Crippen LogP contribution in [-0.2, 0) is 16.1 Å². The van der Waals surface area contributed by atoms with Crippen LogP contribution in [0.5, 0.6) is 0 Å². The largest absolute Gasteiger partial charge is 0.391 e. The first-order valence-electron chi connectivity index (χ1n) is 10.4. The van der Waals surface area contributed by atoms with Crippen LogP contribution in [0.2, 0.25) is 5.02 Å². The van der Waals surface area contributed by atoms with Gasteiger partial charge in [-0.1, -0.05) is 29.8 Å². The van der Waals surface area contributed by atoms with Gasteiger partial charge in [0.15, 0.2) is 0 Å². The van der Waals surface area contributed by atoms with Crippen molar-refractivity contribution >= 4 is 35.2 Å². The summed E-state index contributed by atoms with van der Waals surface area (Å²) in [5, 5.41) is 13.5. The highest BCUT2D eigenvalue weighted by Gasteiger charge is 2.32. The van der Waals surface area contributed by atoms with E-state index < -0.39 is 6.10 Å². The van der Waals surface area contributed by atoms with E-state index in [-0.39, 0.29) is 23.7 Å². The van der Waals surface area contributed by atoms with Crippen LogP contribution >= 0.6 is 11.6 Å². The van der Waals surface area contributed by atoms with Crippen molar-refractivity contribution in [1.82, 2.24) is 9.80 Å². The zero-order chi connectivity index (χ0) is 23.3. The molecular weight excluding hydrogens is 433 g/mol. The normalized spacial score (nSPS) is 18.0. The van der Waals surface area contributed by atoms with Crippen LogP contribution in [0.25, 0.3) is 6.08 Å². The highest BCUT2D eigenvalue weighted by atomic mass is 35.5. The molecule has 1 fully saturated rings. The summed E-state index contributed by atoms with van der Waals surface area (Å²) in [6.45, 7) is 5.29. The minimum Gasteiger partial charge on any atom is -0.391 e. The van der Waals surface area contributed by atoms with E-state index in [0.717, 1.165) is 5.56 Å². The number of anilines is 1. The Morgan fingerprint density at radius 3 is 2.62 bits per heavy atom. The summed E-state index contributed by atoms with van der Waals surface area (Å²) in [7, 11) is 0. The molecule has 2 N–H and O–H groups in total. The fraction of sp³-hybridized carbons (Fsp3) is 0.333. The molecule has 0 spiro atoms. The third kappa shape index (κ3) is 6.38. The Bertz CT molecular complexity index is 994. The number of piperazine rings is 1. The van der Waals surface area contributed by atoms with Crippen LogP contribution in [0.4, 0.5) is 10.1 Å². The topological polar surface area (TPSA) is 72.9 Å². The lowest BCUT2D eigenvalue weighted by atomic mass is 10.1. The van der Waals surface area contributed by atoms with Crippen molar-refractivity contribution in [2.75, 3.05) is 25.0 Å². The van der Waals surface area contributed by atoms with Gasteiger partial charge in [0, 0.05) is 49.9 Å². The van der Waals surface area contributed by atoms with Crippen LogP contribution in [0.3, 0.4) is 0 Å². The molecule has 0 aromatic heterocycles. The lowest BCUT2D eigenvalue weighted by Gasteiger charge is -2.42. The number of halogens is 2. The van der Waals surface area contributed by atoms with Gasteiger partial charge in [-0.2, -0.15) is 0 Å². The molecule has 0 unspecified atom stereocenters. The number of aliphatic hydroxyl groups excluding tert-OH is 1. The molecule has 3 rings (SSSR count). The van der Waals surface area contributed by atoms with Gasteiger partial charge in [-0.05, 0) is 48.4 Å². The molecule has 32 heavy (non-hydrogen) atoms. The second-order valence-corrected chi connectivity index (χ2v) is 8.38. The lowest BCUT2D eigenvalue weighted by Crippen LogP contribution is -2.58. The number of rotatable bonds is 6. The molecule has 0 bridgehead atoms. The Kier molecular flexibility index (Phi) is 8.01. The van der Waals surface area contributed by atoms with Crippen molar-refractivity contribution in [3.8, 4) is 0 Å². The van der Waals surface area contributed by atoms with Crippen molar-refractivity contribution in [2.45, 2.75) is 32.5 Å². The Morgan fingerprint density at radius 1 is 1.25 bits per heavy atom. The predicted octanol–water partition coefficient (Wildman–Crippen LogP) is 3.54. The molecule has 1 aliphatic heterocycles. The number of aliphatic hydroxyl groups is 1. The van der Waals surface area contributed by atoms with Crippen molar-refractivity contribution in [3.63, 3.8) is 0 Å². The van der Waals surface area contributed by atoms with Gasteiger partial charge in [0.05, 0.1) is 12.1 Å².